The van der Waals surface area contributed by atoms with Gasteiger partial charge in [0.05, 0.1) is 38.1 Å². The molecule has 124 valence electrons. The lowest BCUT2D eigenvalue weighted by Crippen LogP contribution is -2.51. The van der Waals surface area contributed by atoms with Gasteiger partial charge in [-0.1, -0.05) is 0 Å². The molecule has 0 aromatic heterocycles. The third-order valence-corrected chi connectivity index (χ3v) is 3.92. The highest BCUT2D eigenvalue weighted by atomic mass is 16.6. The Kier molecular flexibility index (Phi) is 5.58. The molecule has 2 aliphatic rings. The molecule has 22 heavy (non-hydrogen) atoms. The minimum atomic E-state index is -0.338. The van der Waals surface area contributed by atoms with Crippen LogP contribution >= 0.6 is 0 Å². The van der Waals surface area contributed by atoms with Crippen LogP contribution in [0.2, 0.25) is 0 Å². The van der Waals surface area contributed by atoms with Crippen molar-refractivity contribution >= 4 is 11.9 Å². The number of nitrogens with one attached hydrogen (secondary N) is 1. The molecule has 1 unspecified atom stereocenters. The molecule has 0 radical (unpaired) electrons. The number of carbonyl (C=O) groups excluding carboxylic acids is 2. The fourth-order valence-electron chi connectivity index (χ4n) is 2.97. The maximum absolute atomic E-state index is 11.9. The summed E-state index contributed by atoms with van der Waals surface area (Å²) in [4.78, 5) is 23.5. The van der Waals surface area contributed by atoms with E-state index >= 15 is 0 Å². The smallest absolute Gasteiger partial charge is 0.333 e. The Morgan fingerprint density at radius 1 is 1.45 bits per heavy atom. The second-order valence-electron chi connectivity index (χ2n) is 6.21. The van der Waals surface area contributed by atoms with Gasteiger partial charge in [0.25, 0.3) is 0 Å². The molecule has 6 heteroatoms. The minimum absolute atomic E-state index is 0.00710. The number of esters is 1. The molecular weight excluding hydrogens is 286 g/mol. The van der Waals surface area contributed by atoms with Gasteiger partial charge in [0.2, 0.25) is 5.91 Å². The summed E-state index contributed by atoms with van der Waals surface area (Å²) < 4.78 is 16.1. The average Bonchev–Trinajstić information content (AvgIpc) is 3.24. The summed E-state index contributed by atoms with van der Waals surface area (Å²) in [5, 5.41) is 2.98. The van der Waals surface area contributed by atoms with Crippen LogP contribution in [-0.2, 0) is 23.8 Å². The van der Waals surface area contributed by atoms with Crippen molar-refractivity contribution in [3.63, 3.8) is 0 Å². The van der Waals surface area contributed by atoms with Gasteiger partial charge in [-0.15, -0.1) is 0 Å². The van der Waals surface area contributed by atoms with Crippen LogP contribution in [0.4, 0.5) is 0 Å². The standard InChI is InChI=1S/C16H25NO5/c1-9(2)22-14-7-12(16(19)20-4)5-11(6-13-8-21-13)15(14)17-10(3)18/h7,9,11,13-15H,5-6,8H2,1-4H3,(H,17,18)/t11-,13?,14-,15-/m1/s1. The van der Waals surface area contributed by atoms with Crippen LogP contribution in [0.5, 0.6) is 0 Å². The number of hydrogen-bond donors (Lipinski definition) is 1. The fraction of sp³-hybridized carbons (Fsp3) is 0.750. The van der Waals surface area contributed by atoms with Gasteiger partial charge in [-0.2, -0.15) is 0 Å². The third kappa shape index (κ3) is 4.55. The van der Waals surface area contributed by atoms with E-state index in [-0.39, 0.29) is 42.1 Å². The molecular formula is C16H25NO5. The number of hydrogen-bond acceptors (Lipinski definition) is 5. The van der Waals surface area contributed by atoms with E-state index in [1.165, 1.54) is 14.0 Å². The van der Waals surface area contributed by atoms with E-state index in [2.05, 4.69) is 5.32 Å². The third-order valence-electron chi connectivity index (χ3n) is 3.92. The van der Waals surface area contributed by atoms with Gasteiger partial charge in [-0.05, 0) is 38.7 Å². The zero-order valence-corrected chi connectivity index (χ0v) is 13.6. The lowest BCUT2D eigenvalue weighted by molar-refractivity contribution is -0.137. The Hall–Kier alpha value is -1.40. The molecule has 1 aliphatic heterocycles. The average molecular weight is 311 g/mol. The molecule has 4 atom stereocenters. The zero-order valence-electron chi connectivity index (χ0n) is 13.6. The highest BCUT2D eigenvalue weighted by molar-refractivity contribution is 5.88. The summed E-state index contributed by atoms with van der Waals surface area (Å²) in [6.07, 6.45) is 3.03. The van der Waals surface area contributed by atoms with E-state index in [9.17, 15) is 9.59 Å². The lowest BCUT2D eigenvalue weighted by atomic mass is 9.79. The van der Waals surface area contributed by atoms with E-state index in [1.54, 1.807) is 6.08 Å². The molecule has 0 aromatic carbocycles. The minimum Gasteiger partial charge on any atom is -0.466 e. The second-order valence-corrected chi connectivity index (χ2v) is 6.21. The van der Waals surface area contributed by atoms with Gasteiger partial charge in [0.1, 0.15) is 0 Å². The predicted molar refractivity (Wildman–Crippen MR) is 80.2 cm³/mol. The molecule has 1 amide bonds. The molecule has 0 saturated carbocycles. The van der Waals surface area contributed by atoms with Gasteiger partial charge in [0, 0.05) is 12.5 Å². The number of amides is 1. The molecule has 2 rings (SSSR count). The van der Waals surface area contributed by atoms with Crippen molar-refractivity contribution in [1.82, 2.24) is 5.32 Å². The number of rotatable bonds is 6. The molecule has 0 spiro atoms. The van der Waals surface area contributed by atoms with Crippen molar-refractivity contribution in [1.29, 1.82) is 0 Å². The van der Waals surface area contributed by atoms with Crippen LogP contribution in [-0.4, -0.2) is 49.9 Å². The Morgan fingerprint density at radius 2 is 2.14 bits per heavy atom. The van der Waals surface area contributed by atoms with Crippen molar-refractivity contribution in [3.8, 4) is 0 Å². The molecule has 1 aliphatic carbocycles. The van der Waals surface area contributed by atoms with Crippen LogP contribution in [0.25, 0.3) is 0 Å². The van der Waals surface area contributed by atoms with Crippen LogP contribution in [0, 0.1) is 5.92 Å². The second kappa shape index (κ2) is 7.24. The van der Waals surface area contributed by atoms with Crippen molar-refractivity contribution in [2.75, 3.05) is 13.7 Å². The number of methoxy groups -OCH3 is 1. The van der Waals surface area contributed by atoms with Crippen molar-refractivity contribution in [2.24, 2.45) is 5.92 Å². The van der Waals surface area contributed by atoms with Crippen molar-refractivity contribution < 1.29 is 23.8 Å². The molecule has 0 bridgehead atoms. The maximum Gasteiger partial charge on any atom is 0.333 e. The Labute approximate surface area is 131 Å². The Balaban J connectivity index is 2.23. The van der Waals surface area contributed by atoms with Crippen LogP contribution in [0.15, 0.2) is 11.6 Å². The first-order valence-electron chi connectivity index (χ1n) is 7.74. The van der Waals surface area contributed by atoms with Gasteiger partial charge < -0.3 is 19.5 Å². The summed E-state index contributed by atoms with van der Waals surface area (Å²) in [6, 6.07) is -0.155. The molecule has 1 heterocycles. The predicted octanol–water partition coefficient (Wildman–Crippen LogP) is 1.19. The van der Waals surface area contributed by atoms with Crippen molar-refractivity contribution in [3.05, 3.63) is 11.6 Å². The summed E-state index contributed by atoms with van der Waals surface area (Å²) in [5.41, 5.74) is 0.611. The summed E-state index contributed by atoms with van der Waals surface area (Å²) in [5.74, 6) is -0.335. The summed E-state index contributed by atoms with van der Waals surface area (Å²) >= 11 is 0. The molecule has 6 nitrogen and oxygen atoms in total. The van der Waals surface area contributed by atoms with Crippen LogP contribution in [0.1, 0.15) is 33.6 Å². The van der Waals surface area contributed by atoms with Gasteiger partial charge in [-0.3, -0.25) is 4.79 Å². The van der Waals surface area contributed by atoms with E-state index in [0.717, 1.165) is 13.0 Å². The number of epoxide rings is 1. The SMILES string of the molecule is COC(=O)C1=C[C@@H](OC(C)C)[C@H](NC(C)=O)[C@@H](CC2CO2)C1. The Morgan fingerprint density at radius 3 is 2.64 bits per heavy atom. The number of ether oxygens (including phenoxy) is 3. The topological polar surface area (TPSA) is 77.2 Å². The highest BCUT2D eigenvalue weighted by Gasteiger charge is 2.40. The van der Waals surface area contributed by atoms with Gasteiger partial charge in [0.15, 0.2) is 0 Å². The van der Waals surface area contributed by atoms with E-state index in [1.807, 2.05) is 13.8 Å². The first kappa shape index (κ1) is 17.0. The molecule has 1 saturated heterocycles. The Bertz CT molecular complexity index is 455. The monoisotopic (exact) mass is 311 g/mol. The zero-order chi connectivity index (χ0) is 16.3. The van der Waals surface area contributed by atoms with Crippen LogP contribution in [0.3, 0.4) is 0 Å². The lowest BCUT2D eigenvalue weighted by Gasteiger charge is -2.37. The molecule has 1 N–H and O–H groups in total. The maximum atomic E-state index is 11.9. The van der Waals surface area contributed by atoms with E-state index in [0.29, 0.717) is 12.0 Å². The molecule has 0 aromatic rings. The summed E-state index contributed by atoms with van der Waals surface area (Å²) in [7, 11) is 1.38. The quantitative estimate of drug-likeness (QED) is 0.589. The van der Waals surface area contributed by atoms with Gasteiger partial charge >= 0.3 is 5.97 Å². The highest BCUT2D eigenvalue weighted by Crippen LogP contribution is 2.34. The molecule has 1 fully saturated rings. The number of carbonyl (C=O) groups is 2. The first-order valence-corrected chi connectivity index (χ1v) is 7.74. The van der Waals surface area contributed by atoms with E-state index in [4.69, 9.17) is 14.2 Å². The largest absolute Gasteiger partial charge is 0.466 e. The normalized spacial score (nSPS) is 30.7. The van der Waals surface area contributed by atoms with E-state index < -0.39 is 0 Å². The summed E-state index contributed by atoms with van der Waals surface area (Å²) in [6.45, 7) is 6.11. The first-order chi connectivity index (χ1) is 10.4. The van der Waals surface area contributed by atoms with Crippen LogP contribution < -0.4 is 5.32 Å². The van der Waals surface area contributed by atoms with Crippen molar-refractivity contribution in [2.45, 2.75) is 58.0 Å². The van der Waals surface area contributed by atoms with Gasteiger partial charge in [-0.25, -0.2) is 4.79 Å². The fourth-order valence-corrected chi connectivity index (χ4v) is 2.97.